The third-order valence-corrected chi connectivity index (χ3v) is 3.20. The zero-order valence-corrected chi connectivity index (χ0v) is 12.1. The molecule has 0 amide bonds. The maximum Gasteiger partial charge on any atom is 0.130 e. The van der Waals surface area contributed by atoms with E-state index in [2.05, 4.69) is 20.3 Å². The molecule has 110 valence electrons. The molecule has 0 saturated heterocycles. The van der Waals surface area contributed by atoms with Crippen molar-refractivity contribution in [2.45, 2.75) is 13.5 Å². The number of pyridine rings is 1. The van der Waals surface area contributed by atoms with Crippen LogP contribution in [0, 0.1) is 12.7 Å². The molecule has 0 atom stereocenters. The number of hydrogen-bond acceptors (Lipinski definition) is 4. The second-order valence-electron chi connectivity index (χ2n) is 4.90. The summed E-state index contributed by atoms with van der Waals surface area (Å²) in [6, 6.07) is 12.0. The fourth-order valence-electron chi connectivity index (χ4n) is 2.12. The van der Waals surface area contributed by atoms with Crippen LogP contribution in [0.2, 0.25) is 0 Å². The molecule has 22 heavy (non-hydrogen) atoms. The third-order valence-electron chi connectivity index (χ3n) is 3.20. The van der Waals surface area contributed by atoms with E-state index in [9.17, 15) is 4.39 Å². The Kier molecular flexibility index (Phi) is 4.05. The van der Waals surface area contributed by atoms with Crippen LogP contribution in [0.4, 0.5) is 10.2 Å². The Labute approximate surface area is 128 Å². The maximum absolute atomic E-state index is 13.0. The lowest BCUT2D eigenvalue weighted by atomic mass is 10.1. The van der Waals surface area contributed by atoms with Crippen molar-refractivity contribution in [2.24, 2.45) is 0 Å². The number of aromatic nitrogens is 3. The van der Waals surface area contributed by atoms with Gasteiger partial charge in [-0.2, -0.15) is 0 Å². The molecular weight excluding hydrogens is 279 g/mol. The average Bonchev–Trinajstić information content (AvgIpc) is 2.54. The van der Waals surface area contributed by atoms with Crippen molar-refractivity contribution in [1.82, 2.24) is 15.0 Å². The van der Waals surface area contributed by atoms with Crippen LogP contribution in [-0.2, 0) is 6.54 Å². The summed E-state index contributed by atoms with van der Waals surface area (Å²) in [7, 11) is 0. The molecule has 3 rings (SSSR count). The molecule has 1 N–H and O–H groups in total. The van der Waals surface area contributed by atoms with E-state index in [4.69, 9.17) is 0 Å². The second kappa shape index (κ2) is 6.30. The van der Waals surface area contributed by atoms with Crippen LogP contribution in [0.3, 0.4) is 0 Å². The number of nitrogens with zero attached hydrogens (tertiary/aromatic N) is 3. The number of aryl methyl sites for hydroxylation is 1. The second-order valence-corrected chi connectivity index (χ2v) is 4.90. The molecule has 1 aromatic carbocycles. The molecule has 2 aromatic heterocycles. The quantitative estimate of drug-likeness (QED) is 0.799. The highest BCUT2D eigenvalue weighted by molar-refractivity contribution is 5.62. The van der Waals surface area contributed by atoms with Crippen LogP contribution >= 0.6 is 0 Å². The summed E-state index contributed by atoms with van der Waals surface area (Å²) < 4.78 is 13.0. The molecule has 2 heterocycles. The Morgan fingerprint density at radius 2 is 1.73 bits per heavy atom. The summed E-state index contributed by atoms with van der Waals surface area (Å²) in [6.07, 6.45) is 3.51. The van der Waals surface area contributed by atoms with Gasteiger partial charge in [-0.05, 0) is 48.9 Å². The molecule has 0 aliphatic carbocycles. The van der Waals surface area contributed by atoms with E-state index in [1.807, 2.05) is 25.1 Å². The van der Waals surface area contributed by atoms with Gasteiger partial charge in [-0.25, -0.2) is 14.4 Å². The van der Waals surface area contributed by atoms with Crippen molar-refractivity contribution in [3.8, 4) is 11.3 Å². The van der Waals surface area contributed by atoms with Gasteiger partial charge < -0.3 is 5.32 Å². The first-order valence-electron chi connectivity index (χ1n) is 6.95. The van der Waals surface area contributed by atoms with Crippen molar-refractivity contribution in [3.05, 3.63) is 72.1 Å². The van der Waals surface area contributed by atoms with Crippen molar-refractivity contribution in [2.75, 3.05) is 5.32 Å². The smallest absolute Gasteiger partial charge is 0.130 e. The van der Waals surface area contributed by atoms with Gasteiger partial charge in [0.1, 0.15) is 17.5 Å². The molecule has 0 spiro atoms. The summed E-state index contributed by atoms with van der Waals surface area (Å²) in [6.45, 7) is 2.49. The molecule has 0 unspecified atom stereocenters. The molecule has 0 aliphatic rings. The molecule has 0 radical (unpaired) electrons. The predicted molar refractivity (Wildman–Crippen MR) is 83.7 cm³/mol. The number of rotatable bonds is 4. The van der Waals surface area contributed by atoms with Crippen molar-refractivity contribution < 1.29 is 4.39 Å². The van der Waals surface area contributed by atoms with Gasteiger partial charge in [0.2, 0.25) is 0 Å². The molecule has 0 fully saturated rings. The summed E-state index contributed by atoms with van der Waals surface area (Å²) in [5, 5.41) is 3.27. The SMILES string of the molecule is Cc1nc(NCc2ccncc2)cc(-c2ccc(F)cc2)n1. The van der Waals surface area contributed by atoms with Gasteiger partial charge in [-0.1, -0.05) is 0 Å². The van der Waals surface area contributed by atoms with E-state index in [1.54, 1.807) is 24.5 Å². The van der Waals surface area contributed by atoms with E-state index in [0.29, 0.717) is 12.4 Å². The minimum atomic E-state index is -0.259. The summed E-state index contributed by atoms with van der Waals surface area (Å²) >= 11 is 0. The van der Waals surface area contributed by atoms with E-state index in [0.717, 1.165) is 22.6 Å². The number of anilines is 1. The molecule has 4 nitrogen and oxygen atoms in total. The molecule has 5 heteroatoms. The first-order chi connectivity index (χ1) is 10.7. The van der Waals surface area contributed by atoms with Crippen LogP contribution in [0.5, 0.6) is 0 Å². The first kappa shape index (κ1) is 14.1. The average molecular weight is 294 g/mol. The number of nitrogens with one attached hydrogen (secondary N) is 1. The lowest BCUT2D eigenvalue weighted by molar-refractivity contribution is 0.628. The Morgan fingerprint density at radius 1 is 1.00 bits per heavy atom. The summed E-state index contributed by atoms with van der Waals surface area (Å²) in [4.78, 5) is 12.8. The third kappa shape index (κ3) is 3.44. The minimum Gasteiger partial charge on any atom is -0.366 e. The van der Waals surface area contributed by atoms with Crippen LogP contribution in [0.25, 0.3) is 11.3 Å². The highest BCUT2D eigenvalue weighted by Crippen LogP contribution is 2.20. The van der Waals surface area contributed by atoms with Crippen LogP contribution < -0.4 is 5.32 Å². The Morgan fingerprint density at radius 3 is 2.45 bits per heavy atom. The van der Waals surface area contributed by atoms with Crippen molar-refractivity contribution in [1.29, 1.82) is 0 Å². The Balaban J connectivity index is 1.82. The lowest BCUT2D eigenvalue weighted by Crippen LogP contribution is -2.04. The number of hydrogen-bond donors (Lipinski definition) is 1. The lowest BCUT2D eigenvalue weighted by Gasteiger charge is -2.09. The van der Waals surface area contributed by atoms with Gasteiger partial charge in [0.25, 0.3) is 0 Å². The summed E-state index contributed by atoms with van der Waals surface area (Å²) in [5.74, 6) is 1.15. The van der Waals surface area contributed by atoms with Gasteiger partial charge >= 0.3 is 0 Å². The highest BCUT2D eigenvalue weighted by Gasteiger charge is 2.05. The molecule has 3 aromatic rings. The van der Waals surface area contributed by atoms with E-state index < -0.39 is 0 Å². The molecular formula is C17H15FN4. The largest absolute Gasteiger partial charge is 0.366 e. The molecule has 0 bridgehead atoms. The standard InChI is InChI=1S/C17H15FN4/c1-12-21-16(14-2-4-15(18)5-3-14)10-17(22-12)20-11-13-6-8-19-9-7-13/h2-10H,11H2,1H3,(H,20,21,22). The topological polar surface area (TPSA) is 50.7 Å². The zero-order chi connectivity index (χ0) is 15.4. The van der Waals surface area contributed by atoms with E-state index in [-0.39, 0.29) is 5.82 Å². The summed E-state index contributed by atoms with van der Waals surface area (Å²) in [5.41, 5.74) is 2.75. The maximum atomic E-state index is 13.0. The van der Waals surface area contributed by atoms with Gasteiger partial charge in [-0.3, -0.25) is 4.98 Å². The van der Waals surface area contributed by atoms with Crippen molar-refractivity contribution in [3.63, 3.8) is 0 Å². The normalized spacial score (nSPS) is 10.5. The number of halogens is 1. The van der Waals surface area contributed by atoms with Gasteiger partial charge in [0.05, 0.1) is 5.69 Å². The minimum absolute atomic E-state index is 0.259. The Bertz CT molecular complexity index is 757. The monoisotopic (exact) mass is 294 g/mol. The fraction of sp³-hybridized carbons (Fsp3) is 0.118. The Hall–Kier alpha value is -2.82. The van der Waals surface area contributed by atoms with Crippen LogP contribution in [-0.4, -0.2) is 15.0 Å². The first-order valence-corrected chi connectivity index (χ1v) is 6.95. The van der Waals surface area contributed by atoms with Gasteiger partial charge in [-0.15, -0.1) is 0 Å². The molecule has 0 saturated carbocycles. The highest BCUT2D eigenvalue weighted by atomic mass is 19.1. The van der Waals surface area contributed by atoms with Gasteiger partial charge in [0.15, 0.2) is 0 Å². The van der Waals surface area contributed by atoms with Crippen molar-refractivity contribution >= 4 is 5.82 Å². The molecule has 0 aliphatic heterocycles. The fourth-order valence-corrected chi connectivity index (χ4v) is 2.12. The van der Waals surface area contributed by atoms with Gasteiger partial charge in [0, 0.05) is 30.6 Å². The number of benzene rings is 1. The van der Waals surface area contributed by atoms with Crippen LogP contribution in [0.1, 0.15) is 11.4 Å². The predicted octanol–water partition coefficient (Wildman–Crippen LogP) is 3.60. The van der Waals surface area contributed by atoms with E-state index in [1.165, 1.54) is 12.1 Å². The zero-order valence-electron chi connectivity index (χ0n) is 12.1. The van der Waals surface area contributed by atoms with Crippen LogP contribution in [0.15, 0.2) is 54.9 Å². The van der Waals surface area contributed by atoms with E-state index >= 15 is 0 Å².